The quantitative estimate of drug-likeness (QED) is 0.425. The number of carbonyl (C=O) groups excluding carboxylic acids is 3. The number of rotatable bonds is 9. The molecule has 0 saturated carbocycles. The summed E-state index contributed by atoms with van der Waals surface area (Å²) in [7, 11) is 0. The van der Waals surface area contributed by atoms with E-state index in [9.17, 15) is 18.8 Å². The average molecular weight is 589 g/mol. The van der Waals surface area contributed by atoms with Crippen LogP contribution in [0.5, 0.6) is 0 Å². The molecule has 1 aromatic carbocycles. The van der Waals surface area contributed by atoms with Gasteiger partial charge in [0.2, 0.25) is 5.91 Å². The highest BCUT2D eigenvalue weighted by Crippen LogP contribution is 2.44. The molecule has 3 fully saturated rings. The summed E-state index contributed by atoms with van der Waals surface area (Å²) in [6.07, 6.45) is 4.32. The molecule has 4 rings (SSSR count). The summed E-state index contributed by atoms with van der Waals surface area (Å²) in [6.45, 7) is 11.4. The van der Waals surface area contributed by atoms with Crippen LogP contribution in [0.1, 0.15) is 71.8 Å². The number of likely N-dealkylation sites (tertiary alicyclic amines) is 1. The fourth-order valence-corrected chi connectivity index (χ4v) is 7.05. The number of nitrogens with zero attached hydrogens (tertiary/aromatic N) is 2. The Morgan fingerprint density at radius 2 is 1.62 bits per heavy atom. The van der Waals surface area contributed by atoms with Gasteiger partial charge in [-0.2, -0.15) is 0 Å². The van der Waals surface area contributed by atoms with Gasteiger partial charge < -0.3 is 29.9 Å². The van der Waals surface area contributed by atoms with Crippen molar-refractivity contribution in [1.29, 1.82) is 0 Å². The van der Waals surface area contributed by atoms with Crippen molar-refractivity contribution in [1.82, 2.24) is 20.4 Å². The Morgan fingerprint density at radius 1 is 1.02 bits per heavy atom. The van der Waals surface area contributed by atoms with Crippen LogP contribution in [0.4, 0.5) is 9.18 Å². The van der Waals surface area contributed by atoms with Gasteiger partial charge in [0.05, 0.1) is 18.6 Å². The van der Waals surface area contributed by atoms with Crippen molar-refractivity contribution in [3.8, 4) is 0 Å². The maximum absolute atomic E-state index is 14.0. The number of hydrogen-bond donors (Lipinski definition) is 2. The number of benzene rings is 1. The molecule has 3 amide bonds. The normalized spacial score (nSPS) is 23.9. The van der Waals surface area contributed by atoms with Crippen LogP contribution < -0.4 is 10.6 Å². The number of esters is 1. The summed E-state index contributed by atoms with van der Waals surface area (Å²) in [5, 5.41) is 6.42. The lowest BCUT2D eigenvalue weighted by Gasteiger charge is -2.45. The van der Waals surface area contributed by atoms with Gasteiger partial charge in [-0.3, -0.25) is 9.59 Å². The zero-order chi connectivity index (χ0) is 30.3. The predicted molar refractivity (Wildman–Crippen MR) is 158 cm³/mol. The van der Waals surface area contributed by atoms with E-state index in [-0.39, 0.29) is 54.3 Å². The maximum Gasteiger partial charge on any atom is 0.318 e. The lowest BCUT2D eigenvalue weighted by Crippen LogP contribution is -2.61. The molecule has 42 heavy (non-hydrogen) atoms. The number of halogens is 1. The predicted octanol–water partition coefficient (Wildman–Crippen LogP) is 3.90. The standard InChI is InChI=1S/C32H49FN4O5/c1-5-25(6-2)32(30(39)42-27-11-17-41-18-12-27)13-15-36(16-14-32)29(38)28(19-24-7-9-26(33)10-8-24)35-31(40)37-20-22(3)34-23(4)21-37/h7-10,22-23,25,27-28,34H,5-6,11-21H2,1-4H3,(H,35,40)/t22?,23?,28-/m1/s1. The van der Waals surface area contributed by atoms with Crippen molar-refractivity contribution < 1.29 is 28.2 Å². The number of amides is 3. The van der Waals surface area contributed by atoms with Crippen LogP contribution in [0.15, 0.2) is 24.3 Å². The van der Waals surface area contributed by atoms with Crippen molar-refractivity contribution in [3.63, 3.8) is 0 Å². The van der Waals surface area contributed by atoms with Gasteiger partial charge in [0.15, 0.2) is 0 Å². The molecule has 9 nitrogen and oxygen atoms in total. The molecule has 10 heteroatoms. The Hall–Kier alpha value is -2.72. The SMILES string of the molecule is CCC(CC)C1(C(=O)OC2CCOCC2)CCN(C(=O)[C@@H](Cc2ccc(F)cc2)NC(=O)N2CC(C)NC(C)C2)CC1. The van der Waals surface area contributed by atoms with Crippen LogP contribution >= 0.6 is 0 Å². The number of piperidine rings is 1. The van der Waals surface area contributed by atoms with Crippen molar-refractivity contribution in [3.05, 3.63) is 35.6 Å². The molecule has 2 N–H and O–H groups in total. The van der Waals surface area contributed by atoms with Gasteiger partial charge in [-0.1, -0.05) is 38.8 Å². The van der Waals surface area contributed by atoms with E-state index in [1.165, 1.54) is 12.1 Å². The highest BCUT2D eigenvalue weighted by atomic mass is 19.1. The molecule has 3 atom stereocenters. The molecule has 0 aromatic heterocycles. The number of nitrogens with one attached hydrogen (secondary N) is 2. The van der Waals surface area contributed by atoms with E-state index in [0.29, 0.717) is 65.1 Å². The molecule has 3 saturated heterocycles. The van der Waals surface area contributed by atoms with Gasteiger partial charge in [-0.25, -0.2) is 9.18 Å². The van der Waals surface area contributed by atoms with Crippen LogP contribution in [0.25, 0.3) is 0 Å². The second-order valence-corrected chi connectivity index (χ2v) is 12.4. The summed E-state index contributed by atoms with van der Waals surface area (Å²) < 4.78 is 25.1. The topological polar surface area (TPSA) is 100 Å². The van der Waals surface area contributed by atoms with Gasteiger partial charge >= 0.3 is 12.0 Å². The first-order valence-corrected chi connectivity index (χ1v) is 15.8. The van der Waals surface area contributed by atoms with Crippen molar-refractivity contribution in [2.75, 3.05) is 39.4 Å². The summed E-state index contributed by atoms with van der Waals surface area (Å²) in [5.41, 5.74) is 0.127. The van der Waals surface area contributed by atoms with Gasteiger partial charge in [0.25, 0.3) is 0 Å². The molecule has 0 bridgehead atoms. The van der Waals surface area contributed by atoms with Crippen molar-refractivity contribution >= 4 is 17.9 Å². The Labute approximate surface area is 249 Å². The molecule has 3 aliphatic heterocycles. The third-order valence-corrected chi connectivity index (χ3v) is 9.38. The third-order valence-electron chi connectivity index (χ3n) is 9.38. The molecule has 3 aliphatic rings. The summed E-state index contributed by atoms with van der Waals surface area (Å²) >= 11 is 0. The molecule has 1 aromatic rings. The first-order chi connectivity index (χ1) is 20.1. The molecular weight excluding hydrogens is 539 g/mol. The van der Waals surface area contributed by atoms with E-state index in [4.69, 9.17) is 9.47 Å². The van der Waals surface area contributed by atoms with E-state index in [0.717, 1.165) is 18.4 Å². The minimum absolute atomic E-state index is 0.122. The molecule has 0 spiro atoms. The fourth-order valence-electron chi connectivity index (χ4n) is 7.05. The van der Waals surface area contributed by atoms with E-state index in [1.807, 2.05) is 13.8 Å². The van der Waals surface area contributed by atoms with E-state index in [1.54, 1.807) is 21.9 Å². The van der Waals surface area contributed by atoms with E-state index >= 15 is 0 Å². The van der Waals surface area contributed by atoms with Crippen LogP contribution in [0.2, 0.25) is 0 Å². The van der Waals surface area contributed by atoms with E-state index < -0.39 is 11.5 Å². The number of carbonyl (C=O) groups is 3. The monoisotopic (exact) mass is 588 g/mol. The Balaban J connectivity index is 1.48. The van der Waals surface area contributed by atoms with Gasteiger partial charge in [0, 0.05) is 57.5 Å². The first kappa shape index (κ1) is 32.2. The van der Waals surface area contributed by atoms with Gasteiger partial charge in [-0.05, 0) is 50.3 Å². The van der Waals surface area contributed by atoms with Gasteiger partial charge in [-0.15, -0.1) is 0 Å². The van der Waals surface area contributed by atoms with Crippen LogP contribution in [-0.4, -0.2) is 91.3 Å². The number of hydrogen-bond acceptors (Lipinski definition) is 6. The summed E-state index contributed by atoms with van der Waals surface area (Å²) in [6, 6.07) is 5.24. The summed E-state index contributed by atoms with van der Waals surface area (Å²) in [4.78, 5) is 44.6. The van der Waals surface area contributed by atoms with Gasteiger partial charge in [0.1, 0.15) is 18.0 Å². The largest absolute Gasteiger partial charge is 0.462 e. The number of ether oxygens (including phenoxy) is 2. The highest BCUT2D eigenvalue weighted by molar-refractivity contribution is 5.88. The van der Waals surface area contributed by atoms with Crippen molar-refractivity contribution in [2.45, 2.75) is 96.9 Å². The summed E-state index contributed by atoms with van der Waals surface area (Å²) in [5.74, 6) is -0.516. The molecule has 234 valence electrons. The average Bonchev–Trinajstić information content (AvgIpc) is 2.98. The lowest BCUT2D eigenvalue weighted by molar-refractivity contribution is -0.175. The Kier molecular flexibility index (Phi) is 11.2. The van der Waals surface area contributed by atoms with Crippen molar-refractivity contribution in [2.24, 2.45) is 11.3 Å². The minimum atomic E-state index is -0.807. The molecule has 3 heterocycles. The van der Waals surface area contributed by atoms with Crippen LogP contribution in [0, 0.1) is 17.2 Å². The zero-order valence-electron chi connectivity index (χ0n) is 25.7. The minimum Gasteiger partial charge on any atom is -0.462 e. The van der Waals surface area contributed by atoms with Crippen LogP contribution in [-0.2, 0) is 25.5 Å². The van der Waals surface area contributed by atoms with E-state index in [2.05, 4.69) is 24.5 Å². The second kappa shape index (κ2) is 14.6. The molecule has 2 unspecified atom stereocenters. The fraction of sp³-hybridized carbons (Fsp3) is 0.719. The lowest BCUT2D eigenvalue weighted by atomic mass is 9.66. The molecule has 0 aliphatic carbocycles. The highest BCUT2D eigenvalue weighted by Gasteiger charge is 2.49. The smallest absolute Gasteiger partial charge is 0.318 e. The molecule has 0 radical (unpaired) electrons. The third kappa shape index (κ3) is 7.81. The number of piperazine rings is 1. The molecular formula is C32H49FN4O5. The Bertz CT molecular complexity index is 1040. The second-order valence-electron chi connectivity index (χ2n) is 12.4. The Morgan fingerprint density at radius 3 is 2.19 bits per heavy atom. The maximum atomic E-state index is 14.0. The van der Waals surface area contributed by atoms with Crippen LogP contribution in [0.3, 0.4) is 0 Å². The zero-order valence-corrected chi connectivity index (χ0v) is 25.7. The first-order valence-electron chi connectivity index (χ1n) is 15.8. The number of urea groups is 1.